The zero-order valence-corrected chi connectivity index (χ0v) is 13.3. The number of likely N-dealkylation sites (tertiary alicyclic amines) is 1. The van der Waals surface area contributed by atoms with Gasteiger partial charge in [-0.1, -0.05) is 27.2 Å². The molecule has 1 saturated heterocycles. The lowest BCUT2D eigenvalue weighted by Gasteiger charge is -2.30. The number of hydrogen-bond donors (Lipinski definition) is 1. The van der Waals surface area contributed by atoms with Gasteiger partial charge in [0.1, 0.15) is 11.9 Å². The number of amides is 1. The lowest BCUT2D eigenvalue weighted by Crippen LogP contribution is -2.41. The lowest BCUT2D eigenvalue weighted by atomic mass is 9.92. The van der Waals surface area contributed by atoms with E-state index in [9.17, 15) is 9.90 Å². The van der Waals surface area contributed by atoms with Gasteiger partial charge in [0.15, 0.2) is 0 Å². The highest BCUT2D eigenvalue weighted by Crippen LogP contribution is 2.30. The van der Waals surface area contributed by atoms with Crippen molar-refractivity contribution in [2.24, 2.45) is 11.8 Å². The van der Waals surface area contributed by atoms with E-state index in [1.54, 1.807) is 18.4 Å². The Balaban J connectivity index is 1.98. The third kappa shape index (κ3) is 3.67. The molecule has 0 aromatic carbocycles. The van der Waals surface area contributed by atoms with E-state index < -0.39 is 6.10 Å². The highest BCUT2D eigenvalue weighted by Gasteiger charge is 2.34. The third-order valence-electron chi connectivity index (χ3n) is 4.91. The number of furan rings is 1. The molecule has 4 atom stereocenters. The molecule has 1 aromatic heterocycles. The number of aliphatic hydroxyl groups is 1. The van der Waals surface area contributed by atoms with E-state index in [-0.39, 0.29) is 17.9 Å². The maximum atomic E-state index is 12.6. The highest BCUT2D eigenvalue weighted by atomic mass is 16.4. The van der Waals surface area contributed by atoms with Gasteiger partial charge in [-0.3, -0.25) is 4.79 Å². The van der Waals surface area contributed by atoms with Crippen molar-refractivity contribution < 1.29 is 14.3 Å². The van der Waals surface area contributed by atoms with Crippen LogP contribution >= 0.6 is 0 Å². The zero-order chi connectivity index (χ0) is 15.4. The number of hydrogen-bond acceptors (Lipinski definition) is 3. The SMILES string of the molecule is CCC(C)C(C)C(=O)N1CCCC1CC(O)c1ccco1. The summed E-state index contributed by atoms with van der Waals surface area (Å²) in [5.74, 6) is 1.27. The average Bonchev–Trinajstić information content (AvgIpc) is 3.15. The van der Waals surface area contributed by atoms with E-state index in [1.165, 1.54) is 0 Å². The van der Waals surface area contributed by atoms with Crippen LogP contribution in [0.1, 0.15) is 58.3 Å². The van der Waals surface area contributed by atoms with Crippen molar-refractivity contribution in [1.29, 1.82) is 0 Å². The molecule has 4 heteroatoms. The predicted molar refractivity (Wildman–Crippen MR) is 81.6 cm³/mol. The van der Waals surface area contributed by atoms with Crippen LogP contribution in [-0.2, 0) is 4.79 Å². The summed E-state index contributed by atoms with van der Waals surface area (Å²) in [6.45, 7) is 7.09. The molecule has 4 nitrogen and oxygen atoms in total. The van der Waals surface area contributed by atoms with Crippen molar-refractivity contribution in [2.45, 2.75) is 58.6 Å². The first-order chi connectivity index (χ1) is 10.0. The molecule has 1 N–H and O–H groups in total. The fraction of sp³-hybridized carbons (Fsp3) is 0.706. The number of aliphatic hydroxyl groups excluding tert-OH is 1. The van der Waals surface area contributed by atoms with Gasteiger partial charge in [0.05, 0.1) is 6.26 Å². The number of nitrogens with zero attached hydrogens (tertiary/aromatic N) is 1. The monoisotopic (exact) mass is 293 g/mol. The van der Waals surface area contributed by atoms with Gasteiger partial charge in [-0.2, -0.15) is 0 Å². The first kappa shape index (κ1) is 16.1. The van der Waals surface area contributed by atoms with Crippen LogP contribution in [0.15, 0.2) is 22.8 Å². The molecular formula is C17H27NO3. The summed E-state index contributed by atoms with van der Waals surface area (Å²) < 4.78 is 5.25. The van der Waals surface area contributed by atoms with Gasteiger partial charge in [-0.15, -0.1) is 0 Å². The zero-order valence-electron chi connectivity index (χ0n) is 13.3. The molecule has 0 spiro atoms. The molecule has 4 unspecified atom stereocenters. The fourth-order valence-corrected chi connectivity index (χ4v) is 3.08. The molecule has 0 aliphatic carbocycles. The van der Waals surface area contributed by atoms with E-state index in [0.717, 1.165) is 25.8 Å². The number of rotatable bonds is 6. The van der Waals surface area contributed by atoms with Gasteiger partial charge < -0.3 is 14.4 Å². The van der Waals surface area contributed by atoms with Gasteiger partial charge in [-0.05, 0) is 30.9 Å². The van der Waals surface area contributed by atoms with Crippen molar-refractivity contribution in [3.8, 4) is 0 Å². The molecule has 1 aliphatic heterocycles. The molecule has 1 fully saturated rings. The van der Waals surface area contributed by atoms with Crippen LogP contribution in [0, 0.1) is 11.8 Å². The van der Waals surface area contributed by atoms with Crippen molar-refractivity contribution in [3.63, 3.8) is 0 Å². The van der Waals surface area contributed by atoms with Gasteiger partial charge >= 0.3 is 0 Å². The van der Waals surface area contributed by atoms with Crippen molar-refractivity contribution in [2.75, 3.05) is 6.54 Å². The Morgan fingerprint density at radius 1 is 1.52 bits per heavy atom. The Morgan fingerprint density at radius 3 is 2.90 bits per heavy atom. The molecule has 1 amide bonds. The van der Waals surface area contributed by atoms with Crippen molar-refractivity contribution >= 4 is 5.91 Å². The van der Waals surface area contributed by atoms with Crippen LogP contribution in [0.4, 0.5) is 0 Å². The molecule has 0 saturated carbocycles. The van der Waals surface area contributed by atoms with E-state index in [2.05, 4.69) is 13.8 Å². The van der Waals surface area contributed by atoms with Gasteiger partial charge in [0, 0.05) is 24.9 Å². The third-order valence-corrected chi connectivity index (χ3v) is 4.91. The van der Waals surface area contributed by atoms with E-state index >= 15 is 0 Å². The van der Waals surface area contributed by atoms with Crippen LogP contribution in [0.3, 0.4) is 0 Å². The Labute approximate surface area is 127 Å². The quantitative estimate of drug-likeness (QED) is 0.875. The molecule has 0 radical (unpaired) electrons. The van der Waals surface area contributed by atoms with Crippen LogP contribution in [0.25, 0.3) is 0 Å². The summed E-state index contributed by atoms with van der Waals surface area (Å²) in [5, 5.41) is 10.2. The topological polar surface area (TPSA) is 53.7 Å². The Morgan fingerprint density at radius 2 is 2.29 bits per heavy atom. The van der Waals surface area contributed by atoms with E-state index in [4.69, 9.17) is 4.42 Å². The predicted octanol–water partition coefficient (Wildman–Crippen LogP) is 3.38. The van der Waals surface area contributed by atoms with Gasteiger partial charge in [0.2, 0.25) is 5.91 Å². The summed E-state index contributed by atoms with van der Waals surface area (Å²) in [6.07, 6.45) is 4.51. The second kappa shape index (κ2) is 7.12. The summed E-state index contributed by atoms with van der Waals surface area (Å²) in [6, 6.07) is 3.69. The largest absolute Gasteiger partial charge is 0.467 e. The van der Waals surface area contributed by atoms with E-state index in [0.29, 0.717) is 18.1 Å². The number of carbonyl (C=O) groups is 1. The minimum Gasteiger partial charge on any atom is -0.467 e. The van der Waals surface area contributed by atoms with Gasteiger partial charge in [0.25, 0.3) is 0 Å². The fourth-order valence-electron chi connectivity index (χ4n) is 3.08. The maximum Gasteiger partial charge on any atom is 0.225 e. The Bertz CT molecular complexity index is 443. The molecule has 2 heterocycles. The minimum atomic E-state index is -0.627. The normalized spacial score (nSPS) is 23.0. The maximum absolute atomic E-state index is 12.6. The molecular weight excluding hydrogens is 266 g/mol. The molecule has 2 rings (SSSR count). The summed E-state index contributed by atoms with van der Waals surface area (Å²) >= 11 is 0. The molecule has 0 bridgehead atoms. The minimum absolute atomic E-state index is 0.0522. The van der Waals surface area contributed by atoms with Crippen molar-refractivity contribution in [1.82, 2.24) is 4.90 Å². The first-order valence-electron chi connectivity index (χ1n) is 8.06. The standard InChI is InChI=1S/C17H27NO3/c1-4-12(2)13(3)17(20)18-9-5-7-14(18)11-15(19)16-8-6-10-21-16/h6,8,10,12-15,19H,4-5,7,9,11H2,1-3H3. The average molecular weight is 293 g/mol. The molecule has 118 valence electrons. The molecule has 1 aliphatic rings. The molecule has 1 aromatic rings. The molecule has 21 heavy (non-hydrogen) atoms. The first-order valence-corrected chi connectivity index (χ1v) is 8.06. The number of carbonyl (C=O) groups excluding carboxylic acids is 1. The van der Waals surface area contributed by atoms with E-state index in [1.807, 2.05) is 11.8 Å². The van der Waals surface area contributed by atoms with Crippen LogP contribution < -0.4 is 0 Å². The summed E-state index contributed by atoms with van der Waals surface area (Å²) in [7, 11) is 0. The highest BCUT2D eigenvalue weighted by molar-refractivity contribution is 5.79. The summed E-state index contributed by atoms with van der Waals surface area (Å²) in [4.78, 5) is 14.6. The smallest absolute Gasteiger partial charge is 0.225 e. The second-order valence-electron chi connectivity index (χ2n) is 6.27. The van der Waals surface area contributed by atoms with Crippen LogP contribution in [0.5, 0.6) is 0 Å². The second-order valence-corrected chi connectivity index (χ2v) is 6.27. The Kier molecular flexibility index (Phi) is 5.45. The van der Waals surface area contributed by atoms with Gasteiger partial charge in [-0.25, -0.2) is 0 Å². The van der Waals surface area contributed by atoms with Crippen molar-refractivity contribution in [3.05, 3.63) is 24.2 Å². The summed E-state index contributed by atoms with van der Waals surface area (Å²) in [5.41, 5.74) is 0. The lowest BCUT2D eigenvalue weighted by molar-refractivity contribution is -0.138. The Hall–Kier alpha value is -1.29. The van der Waals surface area contributed by atoms with Crippen LogP contribution in [0.2, 0.25) is 0 Å². The van der Waals surface area contributed by atoms with Crippen LogP contribution in [-0.4, -0.2) is 28.5 Å².